The lowest BCUT2D eigenvalue weighted by Crippen LogP contribution is -2.22. The van der Waals surface area contributed by atoms with Gasteiger partial charge >= 0.3 is 0 Å². The lowest BCUT2D eigenvalue weighted by Gasteiger charge is -2.19. The SMILES string of the molecule is COc1cccc(NC(=O)CNc2ccc3c(c2)OCCO3)c1. The Balaban J connectivity index is 1.56. The first-order chi connectivity index (χ1) is 11.2. The van der Waals surface area contributed by atoms with Gasteiger partial charge in [0.2, 0.25) is 5.91 Å². The van der Waals surface area contributed by atoms with Crippen molar-refractivity contribution < 1.29 is 19.0 Å². The van der Waals surface area contributed by atoms with Crippen LogP contribution in [0.4, 0.5) is 11.4 Å². The number of hydrogen-bond acceptors (Lipinski definition) is 5. The Bertz CT molecular complexity index is 703. The van der Waals surface area contributed by atoms with E-state index in [-0.39, 0.29) is 12.5 Å². The molecule has 1 aliphatic heterocycles. The van der Waals surface area contributed by atoms with Gasteiger partial charge in [-0.2, -0.15) is 0 Å². The summed E-state index contributed by atoms with van der Waals surface area (Å²) in [5.41, 5.74) is 1.49. The van der Waals surface area contributed by atoms with Crippen LogP contribution >= 0.6 is 0 Å². The van der Waals surface area contributed by atoms with Gasteiger partial charge in [-0.1, -0.05) is 6.07 Å². The van der Waals surface area contributed by atoms with E-state index in [9.17, 15) is 4.79 Å². The first-order valence-corrected chi connectivity index (χ1v) is 7.32. The highest BCUT2D eigenvalue weighted by molar-refractivity contribution is 5.93. The summed E-state index contributed by atoms with van der Waals surface area (Å²) < 4.78 is 16.1. The Morgan fingerprint density at radius 2 is 1.91 bits per heavy atom. The van der Waals surface area contributed by atoms with E-state index in [1.807, 2.05) is 36.4 Å². The molecule has 6 nitrogen and oxygen atoms in total. The highest BCUT2D eigenvalue weighted by atomic mass is 16.6. The van der Waals surface area contributed by atoms with Gasteiger partial charge in [0.25, 0.3) is 0 Å². The maximum Gasteiger partial charge on any atom is 0.243 e. The molecule has 2 aromatic rings. The van der Waals surface area contributed by atoms with E-state index in [0.29, 0.717) is 30.4 Å². The fraction of sp³-hybridized carbons (Fsp3) is 0.235. The quantitative estimate of drug-likeness (QED) is 0.887. The summed E-state index contributed by atoms with van der Waals surface area (Å²) in [6.45, 7) is 1.24. The van der Waals surface area contributed by atoms with Crippen LogP contribution in [0.2, 0.25) is 0 Å². The highest BCUT2D eigenvalue weighted by Crippen LogP contribution is 2.32. The van der Waals surface area contributed by atoms with Gasteiger partial charge in [0.05, 0.1) is 13.7 Å². The molecule has 2 N–H and O–H groups in total. The summed E-state index contributed by atoms with van der Waals surface area (Å²) in [6.07, 6.45) is 0. The number of methoxy groups -OCH3 is 1. The molecule has 0 aliphatic carbocycles. The summed E-state index contributed by atoms with van der Waals surface area (Å²) in [5.74, 6) is 1.97. The number of anilines is 2. The Morgan fingerprint density at radius 1 is 1.09 bits per heavy atom. The van der Waals surface area contributed by atoms with Gasteiger partial charge in [0, 0.05) is 23.5 Å². The van der Waals surface area contributed by atoms with Crippen LogP contribution in [0.1, 0.15) is 0 Å². The average molecular weight is 314 g/mol. The summed E-state index contributed by atoms with van der Waals surface area (Å²) in [4.78, 5) is 12.0. The number of carbonyl (C=O) groups excluding carboxylic acids is 1. The third kappa shape index (κ3) is 3.85. The van der Waals surface area contributed by atoms with Crippen LogP contribution in [-0.2, 0) is 4.79 Å². The van der Waals surface area contributed by atoms with Crippen molar-refractivity contribution in [3.63, 3.8) is 0 Å². The second kappa shape index (κ2) is 6.91. The molecule has 0 saturated heterocycles. The minimum atomic E-state index is -0.145. The molecular formula is C17H18N2O4. The van der Waals surface area contributed by atoms with Crippen LogP contribution < -0.4 is 24.8 Å². The maximum atomic E-state index is 12.0. The lowest BCUT2D eigenvalue weighted by molar-refractivity contribution is -0.114. The van der Waals surface area contributed by atoms with E-state index in [4.69, 9.17) is 14.2 Å². The Kier molecular flexibility index (Phi) is 4.52. The second-order valence-corrected chi connectivity index (χ2v) is 4.99. The Labute approximate surface area is 134 Å². The third-order valence-corrected chi connectivity index (χ3v) is 3.35. The van der Waals surface area contributed by atoms with Gasteiger partial charge in [-0.25, -0.2) is 0 Å². The summed E-state index contributed by atoms with van der Waals surface area (Å²) >= 11 is 0. The van der Waals surface area contributed by atoms with E-state index in [2.05, 4.69) is 10.6 Å². The normalized spacial score (nSPS) is 12.4. The van der Waals surface area contributed by atoms with Gasteiger partial charge < -0.3 is 24.8 Å². The van der Waals surface area contributed by atoms with Crippen molar-refractivity contribution in [2.75, 3.05) is 37.5 Å². The number of ether oxygens (including phenoxy) is 3. The average Bonchev–Trinajstić information content (AvgIpc) is 2.60. The van der Waals surface area contributed by atoms with E-state index < -0.39 is 0 Å². The largest absolute Gasteiger partial charge is 0.497 e. The Hall–Kier alpha value is -2.89. The number of nitrogens with one attached hydrogen (secondary N) is 2. The molecule has 120 valence electrons. The maximum absolute atomic E-state index is 12.0. The van der Waals surface area contributed by atoms with Crippen molar-refractivity contribution in [1.29, 1.82) is 0 Å². The van der Waals surface area contributed by atoms with Crippen LogP contribution in [-0.4, -0.2) is 32.8 Å². The predicted octanol–water partition coefficient (Wildman–Crippen LogP) is 2.52. The van der Waals surface area contributed by atoms with Gasteiger partial charge in [0.15, 0.2) is 11.5 Å². The highest BCUT2D eigenvalue weighted by Gasteiger charge is 2.12. The first-order valence-electron chi connectivity index (χ1n) is 7.32. The van der Waals surface area contributed by atoms with Crippen LogP contribution in [0.5, 0.6) is 17.2 Å². The zero-order valence-electron chi connectivity index (χ0n) is 12.8. The van der Waals surface area contributed by atoms with E-state index in [1.54, 1.807) is 13.2 Å². The zero-order valence-corrected chi connectivity index (χ0v) is 12.8. The van der Waals surface area contributed by atoms with E-state index >= 15 is 0 Å². The molecule has 3 rings (SSSR count). The molecule has 0 aromatic heterocycles. The second-order valence-electron chi connectivity index (χ2n) is 4.99. The third-order valence-electron chi connectivity index (χ3n) is 3.35. The van der Waals surface area contributed by atoms with Crippen molar-refractivity contribution in [2.24, 2.45) is 0 Å². The molecule has 0 unspecified atom stereocenters. The monoisotopic (exact) mass is 314 g/mol. The predicted molar refractivity (Wildman–Crippen MR) is 87.5 cm³/mol. The number of hydrogen-bond donors (Lipinski definition) is 2. The molecule has 1 aliphatic rings. The summed E-state index contributed by atoms with van der Waals surface area (Å²) in [7, 11) is 1.59. The van der Waals surface area contributed by atoms with Gasteiger partial charge in [-0.05, 0) is 24.3 Å². The molecule has 2 aromatic carbocycles. The number of amides is 1. The number of fused-ring (bicyclic) bond motifs is 1. The lowest BCUT2D eigenvalue weighted by atomic mass is 10.2. The molecule has 0 fully saturated rings. The molecule has 0 saturated carbocycles. The zero-order chi connectivity index (χ0) is 16.1. The molecule has 1 heterocycles. The Morgan fingerprint density at radius 3 is 2.74 bits per heavy atom. The molecule has 6 heteroatoms. The van der Waals surface area contributed by atoms with Crippen molar-refractivity contribution >= 4 is 17.3 Å². The van der Waals surface area contributed by atoms with Crippen molar-refractivity contribution in [3.8, 4) is 17.2 Å². The summed E-state index contributed by atoms with van der Waals surface area (Å²) in [5, 5.41) is 5.88. The molecular weight excluding hydrogens is 296 g/mol. The van der Waals surface area contributed by atoms with Crippen LogP contribution in [0.3, 0.4) is 0 Å². The van der Waals surface area contributed by atoms with Gasteiger partial charge in [-0.3, -0.25) is 4.79 Å². The molecule has 1 amide bonds. The minimum absolute atomic E-state index is 0.145. The molecule has 23 heavy (non-hydrogen) atoms. The standard InChI is InChI=1S/C17H18N2O4/c1-21-14-4-2-3-13(9-14)19-17(20)11-18-12-5-6-15-16(10-12)23-8-7-22-15/h2-6,9-10,18H,7-8,11H2,1H3,(H,19,20). The van der Waals surface area contributed by atoms with Crippen LogP contribution in [0.25, 0.3) is 0 Å². The topological polar surface area (TPSA) is 68.8 Å². The van der Waals surface area contributed by atoms with Crippen molar-refractivity contribution in [3.05, 3.63) is 42.5 Å². The molecule has 0 spiro atoms. The molecule has 0 bridgehead atoms. The molecule has 0 radical (unpaired) electrons. The first kappa shape index (κ1) is 15.0. The van der Waals surface area contributed by atoms with Crippen LogP contribution in [0.15, 0.2) is 42.5 Å². The minimum Gasteiger partial charge on any atom is -0.497 e. The van der Waals surface area contributed by atoms with Crippen molar-refractivity contribution in [2.45, 2.75) is 0 Å². The fourth-order valence-electron chi connectivity index (χ4n) is 2.24. The van der Waals surface area contributed by atoms with Gasteiger partial charge in [0.1, 0.15) is 19.0 Å². The summed E-state index contributed by atoms with van der Waals surface area (Å²) in [6, 6.07) is 12.7. The molecule has 0 atom stereocenters. The number of carbonyl (C=O) groups is 1. The fourth-order valence-corrected chi connectivity index (χ4v) is 2.24. The van der Waals surface area contributed by atoms with E-state index in [0.717, 1.165) is 11.4 Å². The smallest absolute Gasteiger partial charge is 0.243 e. The number of rotatable bonds is 5. The van der Waals surface area contributed by atoms with Gasteiger partial charge in [-0.15, -0.1) is 0 Å². The van der Waals surface area contributed by atoms with E-state index in [1.165, 1.54) is 0 Å². The number of benzene rings is 2. The van der Waals surface area contributed by atoms with Crippen molar-refractivity contribution in [1.82, 2.24) is 0 Å². The van der Waals surface area contributed by atoms with Crippen LogP contribution in [0, 0.1) is 0 Å².